The van der Waals surface area contributed by atoms with Crippen molar-refractivity contribution in [2.24, 2.45) is 0 Å². The average molecular weight is 1040 g/mol. The Morgan fingerprint density at radius 1 is 0.220 bits per heavy atom. The predicted molar refractivity (Wildman–Crippen MR) is 347 cm³/mol. The van der Waals surface area contributed by atoms with Crippen LogP contribution in [0.5, 0.6) is 0 Å². The van der Waals surface area contributed by atoms with E-state index in [4.69, 9.17) is 0 Å². The first kappa shape index (κ1) is 45.2. The molecule has 378 valence electrons. The summed E-state index contributed by atoms with van der Waals surface area (Å²) in [6, 6.07) is 109. The van der Waals surface area contributed by atoms with Crippen LogP contribution in [0.2, 0.25) is 0 Å². The minimum atomic E-state index is -0.127. The molecule has 0 fully saturated rings. The van der Waals surface area contributed by atoms with E-state index in [1.54, 1.807) is 0 Å². The van der Waals surface area contributed by atoms with Crippen molar-refractivity contribution < 1.29 is 0 Å². The molecule has 2 aliphatic heterocycles. The molecule has 0 aliphatic carbocycles. The standard InChI is InChI=1S/C78H48BN3/c1-5-21-49(22-6-1)53-37-39-64-65-40-38-54(50-23-7-2-8-24-50)46-73(65)80(72(64)45-53)57-47-74-76-75(48-57)82-71-36-20-18-34-63(71)67-42-56(61-32-16-14-30-59(61)52-27-11-4-12-28-52)44-69(78(67)82)79(76)68-43-55(41-66-62-33-17-19-35-70(62)81(74)77(66)68)60-31-15-13-29-58(60)51-25-9-3-10-26-51/h1-48H. The van der Waals surface area contributed by atoms with Crippen LogP contribution < -0.4 is 16.4 Å². The van der Waals surface area contributed by atoms with E-state index in [2.05, 4.69) is 305 Å². The maximum atomic E-state index is 2.63. The third kappa shape index (κ3) is 6.49. The van der Waals surface area contributed by atoms with Gasteiger partial charge in [-0.05, 0) is 132 Å². The Morgan fingerprint density at radius 3 is 1.00 bits per heavy atom. The van der Waals surface area contributed by atoms with Gasteiger partial charge in [-0.25, -0.2) is 0 Å². The quantitative estimate of drug-likeness (QED) is 0.141. The molecule has 5 heterocycles. The molecule has 0 bridgehead atoms. The number of benzene rings is 13. The van der Waals surface area contributed by atoms with Crippen LogP contribution in [0.15, 0.2) is 291 Å². The number of aromatic nitrogens is 3. The Bertz CT molecular complexity index is 4990. The van der Waals surface area contributed by atoms with Crippen molar-refractivity contribution in [2.75, 3.05) is 0 Å². The molecule has 2 aliphatic rings. The van der Waals surface area contributed by atoms with Crippen molar-refractivity contribution in [3.8, 4) is 83.8 Å². The monoisotopic (exact) mass is 1040 g/mol. The summed E-state index contributed by atoms with van der Waals surface area (Å²) in [4.78, 5) is 0. The highest BCUT2D eigenvalue weighted by Gasteiger charge is 2.42. The number of rotatable bonds is 7. The van der Waals surface area contributed by atoms with Crippen LogP contribution >= 0.6 is 0 Å². The number of nitrogens with zero attached hydrogens (tertiary/aromatic N) is 3. The summed E-state index contributed by atoms with van der Waals surface area (Å²) in [7, 11) is 0. The first-order valence-corrected chi connectivity index (χ1v) is 28.5. The Balaban J connectivity index is 1.00. The smallest absolute Gasteiger partial charge is 0.252 e. The first-order valence-electron chi connectivity index (χ1n) is 28.5. The third-order valence-electron chi connectivity index (χ3n) is 18.0. The Labute approximate surface area is 474 Å². The van der Waals surface area contributed by atoms with E-state index in [0.29, 0.717) is 0 Å². The second kappa shape index (κ2) is 17.4. The van der Waals surface area contributed by atoms with Crippen LogP contribution in [-0.2, 0) is 0 Å². The molecule has 0 atom stereocenters. The van der Waals surface area contributed by atoms with Gasteiger partial charge in [0, 0.05) is 54.7 Å². The molecule has 0 amide bonds. The maximum absolute atomic E-state index is 2.63. The van der Waals surface area contributed by atoms with Crippen LogP contribution in [0, 0.1) is 0 Å². The van der Waals surface area contributed by atoms with Gasteiger partial charge in [-0.2, -0.15) is 0 Å². The largest absolute Gasteiger partial charge is 0.310 e. The van der Waals surface area contributed by atoms with Crippen LogP contribution in [-0.4, -0.2) is 20.4 Å². The minimum absolute atomic E-state index is 0.127. The van der Waals surface area contributed by atoms with Crippen molar-refractivity contribution in [3.63, 3.8) is 0 Å². The first-order chi connectivity index (χ1) is 40.7. The molecular weight excluding hydrogens is 990 g/mol. The fraction of sp³-hybridized carbons (Fsp3) is 0. The normalized spacial score (nSPS) is 12.4. The van der Waals surface area contributed by atoms with Crippen molar-refractivity contribution in [1.29, 1.82) is 0 Å². The second-order valence-electron chi connectivity index (χ2n) is 22.3. The summed E-state index contributed by atoms with van der Waals surface area (Å²) in [5, 5.41) is 7.45. The lowest BCUT2D eigenvalue weighted by Crippen LogP contribution is -2.59. The molecule has 0 saturated carbocycles. The molecule has 3 aromatic heterocycles. The van der Waals surface area contributed by atoms with Gasteiger partial charge in [0.2, 0.25) is 0 Å². The van der Waals surface area contributed by atoms with Gasteiger partial charge in [0.25, 0.3) is 6.71 Å². The third-order valence-corrected chi connectivity index (χ3v) is 18.0. The van der Waals surface area contributed by atoms with Crippen LogP contribution in [0.25, 0.3) is 149 Å². The van der Waals surface area contributed by atoms with Gasteiger partial charge >= 0.3 is 0 Å². The molecule has 0 spiro atoms. The summed E-state index contributed by atoms with van der Waals surface area (Å²) in [6.07, 6.45) is 0. The molecular formula is C78H48BN3. The number of fused-ring (bicyclic) bond motifs is 13. The van der Waals surface area contributed by atoms with Crippen LogP contribution in [0.4, 0.5) is 0 Å². The molecule has 0 N–H and O–H groups in total. The summed E-state index contributed by atoms with van der Waals surface area (Å²) in [6.45, 7) is -0.127. The van der Waals surface area contributed by atoms with Gasteiger partial charge in [-0.15, -0.1) is 0 Å². The van der Waals surface area contributed by atoms with Gasteiger partial charge < -0.3 is 13.7 Å². The topological polar surface area (TPSA) is 14.8 Å². The lowest BCUT2D eigenvalue weighted by atomic mass is 9.34. The summed E-state index contributed by atoms with van der Waals surface area (Å²) in [5.74, 6) is 0. The minimum Gasteiger partial charge on any atom is -0.310 e. The molecule has 0 radical (unpaired) electrons. The van der Waals surface area contributed by atoms with E-state index in [0.717, 1.165) is 5.69 Å². The lowest BCUT2D eigenvalue weighted by molar-refractivity contribution is 1.10. The summed E-state index contributed by atoms with van der Waals surface area (Å²) < 4.78 is 7.83. The van der Waals surface area contributed by atoms with Gasteiger partial charge in [-0.3, -0.25) is 0 Å². The van der Waals surface area contributed by atoms with Crippen molar-refractivity contribution in [3.05, 3.63) is 291 Å². The van der Waals surface area contributed by atoms with E-state index < -0.39 is 0 Å². The highest BCUT2D eigenvalue weighted by Crippen LogP contribution is 2.46. The van der Waals surface area contributed by atoms with Crippen molar-refractivity contribution >= 4 is 88.5 Å². The SMILES string of the molecule is c1ccc(-c2ccc3c4ccc(-c5ccccc5)cc4n(-c4cc5c6c(c4)-n4c7ccccc7c7cc(-c8ccccc8-c8ccccc8)cc(c74)B6c4cc(-c6ccccc6-c6ccccc6)cc6c7ccccc7n-5c46)c3c2)cc1. The van der Waals surface area contributed by atoms with Gasteiger partial charge in [-0.1, -0.05) is 243 Å². The molecule has 18 rings (SSSR count). The molecule has 0 saturated heterocycles. The highest BCUT2D eigenvalue weighted by atomic mass is 15.1. The average Bonchev–Trinajstić information content (AvgIpc) is 1.98. The molecule has 4 heteroatoms. The second-order valence-corrected chi connectivity index (χ2v) is 22.3. The zero-order chi connectivity index (χ0) is 53.6. The molecule has 13 aromatic carbocycles. The van der Waals surface area contributed by atoms with E-state index in [1.165, 1.54) is 160 Å². The highest BCUT2D eigenvalue weighted by molar-refractivity contribution is 7.00. The Kier molecular flexibility index (Phi) is 9.60. The molecule has 16 aromatic rings. The number of hydrogen-bond donors (Lipinski definition) is 0. The predicted octanol–water partition coefficient (Wildman–Crippen LogP) is 18.1. The Morgan fingerprint density at radius 2 is 0.573 bits per heavy atom. The fourth-order valence-corrected chi connectivity index (χ4v) is 14.5. The van der Waals surface area contributed by atoms with E-state index >= 15 is 0 Å². The van der Waals surface area contributed by atoms with E-state index in [9.17, 15) is 0 Å². The molecule has 3 nitrogen and oxygen atoms in total. The van der Waals surface area contributed by atoms with Crippen molar-refractivity contribution in [1.82, 2.24) is 13.7 Å². The van der Waals surface area contributed by atoms with Crippen LogP contribution in [0.1, 0.15) is 0 Å². The van der Waals surface area contributed by atoms with Crippen LogP contribution in [0.3, 0.4) is 0 Å². The number of hydrogen-bond acceptors (Lipinski definition) is 0. The maximum Gasteiger partial charge on any atom is 0.252 e. The molecule has 0 unspecified atom stereocenters. The van der Waals surface area contributed by atoms with Gasteiger partial charge in [0.1, 0.15) is 0 Å². The summed E-state index contributed by atoms with van der Waals surface area (Å²) >= 11 is 0. The fourth-order valence-electron chi connectivity index (χ4n) is 14.5. The number of para-hydroxylation sites is 2. The van der Waals surface area contributed by atoms with E-state index in [-0.39, 0.29) is 6.71 Å². The van der Waals surface area contributed by atoms with Gasteiger partial charge in [0.15, 0.2) is 0 Å². The Hall–Kier alpha value is -10.7. The zero-order valence-electron chi connectivity index (χ0n) is 44.6. The van der Waals surface area contributed by atoms with Crippen molar-refractivity contribution in [2.45, 2.75) is 0 Å². The zero-order valence-corrected chi connectivity index (χ0v) is 44.6. The summed E-state index contributed by atoms with van der Waals surface area (Å²) in [5.41, 5.74) is 29.2. The molecule has 82 heavy (non-hydrogen) atoms. The lowest BCUT2D eigenvalue weighted by Gasteiger charge is -2.35. The van der Waals surface area contributed by atoms with Gasteiger partial charge in [0.05, 0.1) is 27.8 Å². The van der Waals surface area contributed by atoms with E-state index in [1.807, 2.05) is 0 Å².